The highest BCUT2D eigenvalue weighted by Crippen LogP contribution is 2.30. The van der Waals surface area contributed by atoms with Crippen molar-refractivity contribution in [2.45, 2.75) is 0 Å². The van der Waals surface area contributed by atoms with Crippen LogP contribution >= 0.6 is 15.9 Å². The minimum Gasteiger partial charge on any atom is -0.507 e. The van der Waals surface area contributed by atoms with Gasteiger partial charge in [0.2, 0.25) is 5.88 Å². The molecule has 0 aliphatic carbocycles. The Balaban J connectivity index is 2.40. The zero-order valence-electron chi connectivity index (χ0n) is 12.3. The van der Waals surface area contributed by atoms with Gasteiger partial charge >= 0.3 is 5.97 Å². The molecule has 1 aromatic heterocycles. The SMILES string of the molecule is COC(=O)c1ccc(/C(F)=C/c2nc(OC)ccc2Br)c(O)c1. The molecule has 0 fully saturated rings. The van der Waals surface area contributed by atoms with E-state index in [-0.39, 0.29) is 16.9 Å². The third kappa shape index (κ3) is 3.87. The Morgan fingerprint density at radius 2 is 2.04 bits per heavy atom. The van der Waals surface area contributed by atoms with Gasteiger partial charge in [0.1, 0.15) is 11.6 Å². The van der Waals surface area contributed by atoms with Crippen LogP contribution in [0.15, 0.2) is 34.8 Å². The Bertz CT molecular complexity index is 777. The summed E-state index contributed by atoms with van der Waals surface area (Å²) in [6.07, 6.45) is 1.15. The molecule has 0 unspecified atom stereocenters. The van der Waals surface area contributed by atoms with Gasteiger partial charge in [0.25, 0.3) is 0 Å². The number of esters is 1. The first-order valence-corrected chi connectivity index (χ1v) is 7.25. The molecule has 0 saturated heterocycles. The minimum absolute atomic E-state index is 0.0610. The summed E-state index contributed by atoms with van der Waals surface area (Å²) in [4.78, 5) is 15.5. The van der Waals surface area contributed by atoms with Crippen LogP contribution in [0.3, 0.4) is 0 Å². The largest absolute Gasteiger partial charge is 0.507 e. The van der Waals surface area contributed by atoms with E-state index in [4.69, 9.17) is 4.74 Å². The number of benzene rings is 1. The fraction of sp³-hybridized carbons (Fsp3) is 0.125. The van der Waals surface area contributed by atoms with Crippen molar-refractivity contribution in [3.8, 4) is 11.6 Å². The van der Waals surface area contributed by atoms with Crippen molar-refractivity contribution in [1.29, 1.82) is 0 Å². The van der Waals surface area contributed by atoms with E-state index in [1.54, 1.807) is 12.1 Å². The third-order valence-corrected chi connectivity index (χ3v) is 3.67. The average molecular weight is 382 g/mol. The van der Waals surface area contributed by atoms with Crippen molar-refractivity contribution in [2.24, 2.45) is 0 Å². The molecular weight excluding hydrogens is 369 g/mol. The van der Waals surface area contributed by atoms with Crippen LogP contribution in [0.4, 0.5) is 4.39 Å². The Hall–Kier alpha value is -2.41. The van der Waals surface area contributed by atoms with Gasteiger partial charge in [0.05, 0.1) is 31.0 Å². The van der Waals surface area contributed by atoms with Crippen molar-refractivity contribution >= 4 is 33.8 Å². The van der Waals surface area contributed by atoms with E-state index >= 15 is 0 Å². The number of hydrogen-bond acceptors (Lipinski definition) is 5. The van der Waals surface area contributed by atoms with Crippen LogP contribution in [0.2, 0.25) is 0 Å². The summed E-state index contributed by atoms with van der Waals surface area (Å²) >= 11 is 3.27. The summed E-state index contributed by atoms with van der Waals surface area (Å²) in [7, 11) is 2.68. The van der Waals surface area contributed by atoms with Crippen molar-refractivity contribution in [1.82, 2.24) is 4.98 Å². The maximum Gasteiger partial charge on any atom is 0.337 e. The molecule has 7 heteroatoms. The molecule has 1 N–H and O–H groups in total. The van der Waals surface area contributed by atoms with Gasteiger partial charge in [-0.25, -0.2) is 14.2 Å². The molecule has 0 saturated carbocycles. The molecule has 120 valence electrons. The van der Waals surface area contributed by atoms with Gasteiger partial charge in [0.15, 0.2) is 0 Å². The molecule has 0 radical (unpaired) electrons. The minimum atomic E-state index is -0.708. The number of aromatic hydroxyl groups is 1. The van der Waals surface area contributed by atoms with Gasteiger partial charge in [-0.1, -0.05) is 0 Å². The third-order valence-electron chi connectivity index (χ3n) is 3.00. The topological polar surface area (TPSA) is 68.7 Å². The normalized spacial score (nSPS) is 11.2. The van der Waals surface area contributed by atoms with Crippen LogP contribution in [0, 0.1) is 0 Å². The van der Waals surface area contributed by atoms with E-state index in [1.807, 2.05) is 0 Å². The molecule has 0 aliphatic rings. The number of ether oxygens (including phenoxy) is 2. The lowest BCUT2D eigenvalue weighted by Gasteiger charge is -2.06. The van der Waals surface area contributed by atoms with Crippen molar-refractivity contribution in [3.05, 3.63) is 51.6 Å². The number of phenolic OH excluding ortho intramolecular Hbond substituents is 1. The van der Waals surface area contributed by atoms with Crippen LogP contribution in [-0.2, 0) is 4.74 Å². The molecule has 0 bridgehead atoms. The first kappa shape index (κ1) is 17.0. The predicted molar refractivity (Wildman–Crippen MR) is 86.9 cm³/mol. The molecule has 0 aliphatic heterocycles. The fourth-order valence-electron chi connectivity index (χ4n) is 1.83. The first-order valence-electron chi connectivity index (χ1n) is 6.45. The zero-order chi connectivity index (χ0) is 17.0. The number of hydrogen-bond donors (Lipinski definition) is 1. The summed E-state index contributed by atoms with van der Waals surface area (Å²) < 4.78 is 24.5. The lowest BCUT2D eigenvalue weighted by molar-refractivity contribution is 0.0600. The Kier molecular flexibility index (Phi) is 5.33. The summed E-state index contributed by atoms with van der Waals surface area (Å²) in [6.45, 7) is 0. The standard InChI is InChI=1S/C16H13BrFNO4/c1-22-15-6-5-11(17)13(19-15)8-12(18)10-4-3-9(7-14(10)20)16(21)23-2/h3-8,20H,1-2H3/b12-8-. The highest BCUT2D eigenvalue weighted by Gasteiger charge is 2.13. The molecule has 1 aromatic carbocycles. The number of rotatable bonds is 4. The average Bonchev–Trinajstić information content (AvgIpc) is 2.55. The molecule has 23 heavy (non-hydrogen) atoms. The van der Waals surface area contributed by atoms with Gasteiger partial charge in [0, 0.05) is 16.6 Å². The number of methoxy groups -OCH3 is 2. The molecule has 2 rings (SSSR count). The highest BCUT2D eigenvalue weighted by molar-refractivity contribution is 9.10. The Morgan fingerprint density at radius 1 is 1.30 bits per heavy atom. The smallest absolute Gasteiger partial charge is 0.337 e. The first-order chi connectivity index (χ1) is 11.0. The van der Waals surface area contributed by atoms with E-state index < -0.39 is 11.8 Å². The van der Waals surface area contributed by atoms with Crippen LogP contribution in [0.5, 0.6) is 11.6 Å². The Morgan fingerprint density at radius 3 is 2.65 bits per heavy atom. The number of halogens is 2. The van der Waals surface area contributed by atoms with E-state index in [0.717, 1.165) is 12.1 Å². The second-order valence-electron chi connectivity index (χ2n) is 4.44. The van der Waals surface area contributed by atoms with Crippen molar-refractivity contribution < 1.29 is 23.8 Å². The van der Waals surface area contributed by atoms with E-state index in [1.165, 1.54) is 26.4 Å². The lowest BCUT2D eigenvalue weighted by Crippen LogP contribution is -2.01. The molecule has 5 nitrogen and oxygen atoms in total. The zero-order valence-corrected chi connectivity index (χ0v) is 13.9. The number of pyridine rings is 1. The monoisotopic (exact) mass is 381 g/mol. The van der Waals surface area contributed by atoms with E-state index in [2.05, 4.69) is 25.7 Å². The van der Waals surface area contributed by atoms with Gasteiger partial charge < -0.3 is 14.6 Å². The quantitative estimate of drug-likeness (QED) is 0.815. The van der Waals surface area contributed by atoms with E-state index in [0.29, 0.717) is 16.0 Å². The van der Waals surface area contributed by atoms with Gasteiger partial charge in [-0.15, -0.1) is 0 Å². The molecule has 0 atom stereocenters. The van der Waals surface area contributed by atoms with E-state index in [9.17, 15) is 14.3 Å². The van der Waals surface area contributed by atoms with Crippen LogP contribution in [0.25, 0.3) is 11.9 Å². The molecule has 2 aromatic rings. The maximum absolute atomic E-state index is 14.4. The second-order valence-corrected chi connectivity index (χ2v) is 5.29. The Labute approximate surface area is 140 Å². The van der Waals surface area contributed by atoms with Crippen LogP contribution < -0.4 is 4.74 Å². The van der Waals surface area contributed by atoms with Crippen molar-refractivity contribution in [2.75, 3.05) is 14.2 Å². The summed E-state index contributed by atoms with van der Waals surface area (Å²) in [6, 6.07) is 7.10. The van der Waals surface area contributed by atoms with Gasteiger partial charge in [-0.05, 0) is 40.2 Å². The summed E-state index contributed by atoms with van der Waals surface area (Å²) in [5, 5.41) is 9.91. The summed E-state index contributed by atoms with van der Waals surface area (Å²) in [5.74, 6) is -1.37. The van der Waals surface area contributed by atoms with Gasteiger partial charge in [-0.3, -0.25) is 0 Å². The lowest BCUT2D eigenvalue weighted by atomic mass is 10.1. The van der Waals surface area contributed by atoms with Crippen LogP contribution in [0.1, 0.15) is 21.6 Å². The fourth-order valence-corrected chi connectivity index (χ4v) is 2.17. The predicted octanol–water partition coefficient (Wildman–Crippen LogP) is 3.81. The maximum atomic E-state index is 14.4. The number of nitrogens with zero attached hydrogens (tertiary/aromatic N) is 1. The number of carbonyl (C=O) groups is 1. The van der Waals surface area contributed by atoms with Gasteiger partial charge in [-0.2, -0.15) is 0 Å². The highest BCUT2D eigenvalue weighted by atomic mass is 79.9. The number of aromatic nitrogens is 1. The summed E-state index contributed by atoms with van der Waals surface area (Å²) in [5.41, 5.74) is 0.370. The van der Waals surface area contributed by atoms with Crippen molar-refractivity contribution in [3.63, 3.8) is 0 Å². The number of carbonyl (C=O) groups excluding carboxylic acids is 1. The molecular formula is C16H13BrFNO4. The molecule has 0 amide bonds. The second kappa shape index (κ2) is 7.23. The molecule has 0 spiro atoms. The van der Waals surface area contributed by atoms with Crippen LogP contribution in [-0.4, -0.2) is 30.3 Å². The molecule has 1 heterocycles. The number of phenols is 1.